The summed E-state index contributed by atoms with van der Waals surface area (Å²) < 4.78 is 36.5. The molecule has 0 atom stereocenters. The number of benzene rings is 2. The molecule has 0 amide bonds. The summed E-state index contributed by atoms with van der Waals surface area (Å²) in [5, 5.41) is 30.0. The number of nitro groups is 1. The fourth-order valence-electron chi connectivity index (χ4n) is 3.22. The molecule has 0 spiro atoms. The predicted molar refractivity (Wildman–Crippen MR) is 109 cm³/mol. The van der Waals surface area contributed by atoms with E-state index in [1.165, 1.54) is 4.57 Å². The van der Waals surface area contributed by atoms with Crippen LogP contribution in [0.5, 0.6) is 0 Å². The van der Waals surface area contributed by atoms with E-state index in [1.807, 2.05) is 6.07 Å². The molecule has 0 radical (unpaired) electrons. The monoisotopic (exact) mass is 439 g/mol. The molecule has 1 N–H and O–H groups in total. The molecule has 2 aromatic carbocycles. The number of rotatable bonds is 8. The lowest BCUT2D eigenvalue weighted by Gasteiger charge is -2.19. The summed E-state index contributed by atoms with van der Waals surface area (Å²) >= 11 is 0. The Morgan fingerprint density at radius 3 is 2.66 bits per heavy atom. The van der Waals surface area contributed by atoms with Crippen molar-refractivity contribution in [3.05, 3.63) is 64.2 Å². The van der Waals surface area contributed by atoms with Crippen LogP contribution in [-0.2, 0) is 12.5 Å². The number of nitrogens with one attached hydrogen (secondary N) is 1. The number of nitriles is 1. The zero-order valence-corrected chi connectivity index (χ0v) is 16.4. The average Bonchev–Trinajstić information content (AvgIpc) is 3.38. The largest absolute Gasteiger partial charge is 0.364 e. The number of hydrogen-bond donors (Lipinski definition) is 1. The first-order valence-corrected chi connectivity index (χ1v) is 9.42. The minimum Gasteiger partial charge on any atom is -0.364 e. The van der Waals surface area contributed by atoms with Crippen LogP contribution in [-0.4, -0.2) is 31.3 Å². The molecule has 4 rings (SSSR count). The highest BCUT2D eigenvalue weighted by atomic mass is 19.3. The van der Waals surface area contributed by atoms with Crippen LogP contribution in [0, 0.1) is 21.4 Å². The number of aromatic nitrogens is 4. The van der Waals surface area contributed by atoms with Crippen molar-refractivity contribution in [1.82, 2.24) is 19.9 Å². The Morgan fingerprint density at radius 1 is 1.19 bits per heavy atom. The molecule has 0 aliphatic carbocycles. The van der Waals surface area contributed by atoms with Gasteiger partial charge in [-0.15, -0.1) is 0 Å². The van der Waals surface area contributed by atoms with E-state index in [9.17, 15) is 10.1 Å². The van der Waals surface area contributed by atoms with E-state index in [2.05, 4.69) is 20.6 Å². The smallest absolute Gasteiger partial charge is 0.290 e. The lowest BCUT2D eigenvalue weighted by Crippen LogP contribution is -2.22. The molecule has 32 heavy (non-hydrogen) atoms. The van der Waals surface area contributed by atoms with Crippen LogP contribution in [0.2, 0.25) is 0 Å². The van der Waals surface area contributed by atoms with E-state index in [1.54, 1.807) is 24.3 Å². The van der Waals surface area contributed by atoms with E-state index < -0.39 is 17.4 Å². The number of anilines is 1. The van der Waals surface area contributed by atoms with Crippen molar-refractivity contribution in [3.8, 4) is 17.6 Å². The van der Waals surface area contributed by atoms with Gasteiger partial charge in [-0.1, -0.05) is 12.1 Å². The first kappa shape index (κ1) is 20.9. The van der Waals surface area contributed by atoms with Crippen LogP contribution >= 0.6 is 0 Å². The number of alkyl halides is 2. The van der Waals surface area contributed by atoms with Crippen molar-refractivity contribution < 1.29 is 18.3 Å². The second kappa shape index (κ2) is 8.38. The summed E-state index contributed by atoms with van der Waals surface area (Å²) in [4.78, 5) is 14.6. The van der Waals surface area contributed by atoms with E-state index in [-0.39, 0.29) is 41.6 Å². The molecule has 2 aromatic heterocycles. The van der Waals surface area contributed by atoms with Gasteiger partial charge in [0.05, 0.1) is 35.0 Å². The van der Waals surface area contributed by atoms with Gasteiger partial charge in [0.25, 0.3) is 11.6 Å². The predicted octanol–water partition coefficient (Wildman–Crippen LogP) is 4.11. The Hall–Kier alpha value is -4.40. The highest BCUT2D eigenvalue weighted by Gasteiger charge is 2.35. The topological polar surface area (TPSA) is 136 Å². The van der Waals surface area contributed by atoms with Gasteiger partial charge in [0.15, 0.2) is 11.5 Å². The highest BCUT2D eigenvalue weighted by Crippen LogP contribution is 2.35. The Balaban J connectivity index is 1.75. The molecule has 162 valence electrons. The third-order valence-electron chi connectivity index (χ3n) is 4.74. The molecule has 0 unspecified atom stereocenters. The number of hydrogen-bond acceptors (Lipinski definition) is 8. The third kappa shape index (κ3) is 3.95. The summed E-state index contributed by atoms with van der Waals surface area (Å²) in [5.41, 5.74) is 0.374. The standard InChI is InChI=1S/C20H15F2N7O3/c21-20(22,13-6-8-14(9-7-13)29(30)31)12-28-16-5-2-1-4-15(16)25-19(28)17-18(27-32-26-17)24-11-3-10-23/h1-2,4-9H,3,11-12H2,(H,24,27). The average molecular weight is 439 g/mol. The molecular weight excluding hydrogens is 424 g/mol. The molecule has 0 aliphatic rings. The minimum absolute atomic E-state index is 0.105. The number of non-ortho nitro benzene ring substituents is 1. The van der Waals surface area contributed by atoms with E-state index >= 15 is 8.78 Å². The maximum atomic E-state index is 15.2. The summed E-state index contributed by atoms with van der Waals surface area (Å²) in [6, 6.07) is 12.9. The highest BCUT2D eigenvalue weighted by molar-refractivity contribution is 5.82. The number of imidazole rings is 1. The molecule has 0 bridgehead atoms. The van der Waals surface area contributed by atoms with Gasteiger partial charge >= 0.3 is 0 Å². The van der Waals surface area contributed by atoms with Crippen molar-refractivity contribution in [2.75, 3.05) is 11.9 Å². The zero-order valence-electron chi connectivity index (χ0n) is 16.4. The molecule has 10 nitrogen and oxygen atoms in total. The fraction of sp³-hybridized carbons (Fsp3) is 0.200. The first-order valence-electron chi connectivity index (χ1n) is 9.42. The second-order valence-corrected chi connectivity index (χ2v) is 6.82. The number of fused-ring (bicyclic) bond motifs is 1. The van der Waals surface area contributed by atoms with Crippen molar-refractivity contribution in [2.24, 2.45) is 0 Å². The molecular formula is C20H15F2N7O3. The number of para-hydroxylation sites is 2. The molecule has 0 saturated heterocycles. The van der Waals surface area contributed by atoms with Crippen molar-refractivity contribution in [3.63, 3.8) is 0 Å². The summed E-state index contributed by atoms with van der Waals surface area (Å²) in [5.74, 6) is -3.09. The normalized spacial score (nSPS) is 11.4. The lowest BCUT2D eigenvalue weighted by atomic mass is 10.1. The number of nitrogens with zero attached hydrogens (tertiary/aromatic N) is 6. The molecule has 0 fully saturated rings. The van der Waals surface area contributed by atoms with Crippen LogP contribution in [0.3, 0.4) is 0 Å². The van der Waals surface area contributed by atoms with Gasteiger partial charge in [0.2, 0.25) is 5.82 Å². The third-order valence-corrected chi connectivity index (χ3v) is 4.74. The lowest BCUT2D eigenvalue weighted by molar-refractivity contribution is -0.384. The quantitative estimate of drug-likeness (QED) is 0.246. The maximum absolute atomic E-state index is 15.2. The van der Waals surface area contributed by atoms with Crippen LogP contribution < -0.4 is 5.32 Å². The van der Waals surface area contributed by atoms with Crippen LogP contribution in [0.1, 0.15) is 12.0 Å². The van der Waals surface area contributed by atoms with Crippen LogP contribution in [0.25, 0.3) is 22.6 Å². The molecule has 0 saturated carbocycles. The van der Waals surface area contributed by atoms with Gasteiger partial charge < -0.3 is 9.88 Å². The molecule has 4 aromatic rings. The molecule has 12 heteroatoms. The maximum Gasteiger partial charge on any atom is 0.290 e. The number of nitro benzene ring substituents is 1. The van der Waals surface area contributed by atoms with Gasteiger partial charge in [0.1, 0.15) is 0 Å². The van der Waals surface area contributed by atoms with E-state index in [0.29, 0.717) is 11.0 Å². The van der Waals surface area contributed by atoms with Gasteiger partial charge in [-0.25, -0.2) is 9.61 Å². The molecule has 0 aliphatic heterocycles. The van der Waals surface area contributed by atoms with Crippen molar-refractivity contribution >= 4 is 22.5 Å². The Labute approximate surface area is 179 Å². The summed E-state index contributed by atoms with van der Waals surface area (Å²) in [7, 11) is 0. The fourth-order valence-corrected chi connectivity index (χ4v) is 3.22. The van der Waals surface area contributed by atoms with Gasteiger partial charge in [-0.3, -0.25) is 10.1 Å². The summed E-state index contributed by atoms with van der Waals surface area (Å²) in [6.45, 7) is -0.540. The minimum atomic E-state index is -3.38. The molecule has 2 heterocycles. The second-order valence-electron chi connectivity index (χ2n) is 6.82. The Bertz CT molecular complexity index is 1310. The van der Waals surface area contributed by atoms with Crippen LogP contribution in [0.15, 0.2) is 53.2 Å². The van der Waals surface area contributed by atoms with E-state index in [4.69, 9.17) is 9.89 Å². The summed E-state index contributed by atoms with van der Waals surface area (Å²) in [6.07, 6.45) is 0.195. The van der Waals surface area contributed by atoms with E-state index in [0.717, 1.165) is 24.3 Å². The Morgan fingerprint density at radius 2 is 1.94 bits per heavy atom. The van der Waals surface area contributed by atoms with Gasteiger partial charge in [0, 0.05) is 24.2 Å². The van der Waals surface area contributed by atoms with Gasteiger partial charge in [-0.2, -0.15) is 14.0 Å². The number of halogens is 2. The SMILES string of the molecule is N#CCCNc1nonc1-c1nc2ccccc2n1CC(F)(F)c1ccc([N+](=O)[O-])cc1. The van der Waals surface area contributed by atoms with Crippen LogP contribution in [0.4, 0.5) is 20.3 Å². The van der Waals surface area contributed by atoms with Gasteiger partial charge in [-0.05, 0) is 34.6 Å². The first-order chi connectivity index (χ1) is 15.4. The zero-order chi connectivity index (χ0) is 22.7. The van der Waals surface area contributed by atoms with Crippen molar-refractivity contribution in [2.45, 2.75) is 18.9 Å². The van der Waals surface area contributed by atoms with Crippen molar-refractivity contribution in [1.29, 1.82) is 5.26 Å². The Kier molecular flexibility index (Phi) is 5.46.